The van der Waals surface area contributed by atoms with Crippen molar-refractivity contribution in [2.75, 3.05) is 5.73 Å². The van der Waals surface area contributed by atoms with Gasteiger partial charge < -0.3 is 5.73 Å². The van der Waals surface area contributed by atoms with Crippen molar-refractivity contribution in [3.8, 4) is 5.69 Å². The van der Waals surface area contributed by atoms with Gasteiger partial charge in [0.05, 0.1) is 5.69 Å². The average Bonchev–Trinajstić information content (AvgIpc) is 2.55. The highest BCUT2D eigenvalue weighted by molar-refractivity contribution is 5.46. The van der Waals surface area contributed by atoms with Crippen LogP contribution in [0.25, 0.3) is 5.69 Å². The fraction of sp³-hybridized carbons (Fsp3) is 0.357. The van der Waals surface area contributed by atoms with E-state index in [0.717, 1.165) is 16.8 Å². The molecule has 1 aromatic heterocycles. The van der Waals surface area contributed by atoms with Crippen molar-refractivity contribution in [3.63, 3.8) is 0 Å². The second kappa shape index (κ2) is 5.11. The molecule has 2 aromatic rings. The summed E-state index contributed by atoms with van der Waals surface area (Å²) >= 11 is 0. The Bertz CT molecular complexity index is 701. The second-order valence-electron chi connectivity index (χ2n) is 5.19. The van der Waals surface area contributed by atoms with Gasteiger partial charge in [-0.3, -0.25) is 9.48 Å². The summed E-state index contributed by atoms with van der Waals surface area (Å²) in [6.45, 7) is 4.00. The van der Waals surface area contributed by atoms with E-state index in [0.29, 0.717) is 18.0 Å². The van der Waals surface area contributed by atoms with E-state index < -0.39 is 17.2 Å². The zero-order chi connectivity index (χ0) is 15.0. The van der Waals surface area contributed by atoms with Crippen molar-refractivity contribution in [1.82, 2.24) is 9.36 Å². The lowest BCUT2D eigenvalue weighted by atomic mass is 10.1. The monoisotopic (exact) mass is 281 g/mol. The third-order valence-corrected chi connectivity index (χ3v) is 3.16. The minimum Gasteiger partial charge on any atom is -0.393 e. The quantitative estimate of drug-likeness (QED) is 0.938. The Balaban J connectivity index is 2.66. The third-order valence-electron chi connectivity index (χ3n) is 3.16. The normalized spacial score (nSPS) is 11.3. The maximum absolute atomic E-state index is 13.8. The third kappa shape index (κ3) is 2.33. The Morgan fingerprint density at radius 1 is 1.30 bits per heavy atom. The van der Waals surface area contributed by atoms with E-state index in [2.05, 4.69) is 0 Å². The molecule has 2 rings (SSSR count). The molecule has 0 saturated heterocycles. The molecule has 0 amide bonds. The predicted molar refractivity (Wildman–Crippen MR) is 73.9 cm³/mol. The van der Waals surface area contributed by atoms with Crippen LogP contribution in [0.15, 0.2) is 23.0 Å². The van der Waals surface area contributed by atoms with Crippen LogP contribution in [0.5, 0.6) is 0 Å². The highest BCUT2D eigenvalue weighted by Crippen LogP contribution is 2.18. The van der Waals surface area contributed by atoms with Gasteiger partial charge in [-0.15, -0.1) is 0 Å². The Morgan fingerprint density at radius 2 is 1.95 bits per heavy atom. The number of nitrogens with zero attached hydrogens (tertiary/aromatic N) is 2. The molecule has 0 unspecified atom stereocenters. The maximum atomic E-state index is 13.8. The zero-order valence-corrected chi connectivity index (χ0v) is 11.7. The van der Waals surface area contributed by atoms with Crippen molar-refractivity contribution in [2.24, 2.45) is 13.0 Å². The van der Waals surface area contributed by atoms with Gasteiger partial charge in [0.25, 0.3) is 5.56 Å². The fourth-order valence-electron chi connectivity index (χ4n) is 2.22. The van der Waals surface area contributed by atoms with E-state index in [1.807, 2.05) is 13.8 Å². The van der Waals surface area contributed by atoms with Crippen LogP contribution in [0.1, 0.15) is 19.5 Å². The first kappa shape index (κ1) is 14.3. The molecule has 1 aromatic carbocycles. The molecule has 6 heteroatoms. The van der Waals surface area contributed by atoms with Crippen LogP contribution in [0, 0.1) is 17.6 Å². The highest BCUT2D eigenvalue weighted by Gasteiger charge is 2.19. The number of hydrogen-bond donors (Lipinski definition) is 1. The lowest BCUT2D eigenvalue weighted by molar-refractivity contribution is 0.533. The van der Waals surface area contributed by atoms with Crippen LogP contribution in [-0.2, 0) is 13.5 Å². The van der Waals surface area contributed by atoms with E-state index in [-0.39, 0.29) is 11.4 Å². The second-order valence-corrected chi connectivity index (χ2v) is 5.19. The highest BCUT2D eigenvalue weighted by atomic mass is 19.1. The lowest BCUT2D eigenvalue weighted by Gasteiger charge is -2.12. The summed E-state index contributed by atoms with van der Waals surface area (Å²) in [6.07, 6.45) is 0.605. The molecule has 0 spiro atoms. The number of rotatable bonds is 3. The molecule has 0 aliphatic carbocycles. The van der Waals surface area contributed by atoms with E-state index in [1.165, 1.54) is 10.7 Å². The summed E-state index contributed by atoms with van der Waals surface area (Å²) in [4.78, 5) is 12.2. The summed E-state index contributed by atoms with van der Waals surface area (Å²) in [5, 5.41) is 0. The van der Waals surface area contributed by atoms with E-state index in [9.17, 15) is 13.6 Å². The smallest absolute Gasteiger partial charge is 0.294 e. The molecule has 20 heavy (non-hydrogen) atoms. The van der Waals surface area contributed by atoms with Gasteiger partial charge in [0.15, 0.2) is 5.82 Å². The molecule has 0 saturated carbocycles. The number of halogens is 2. The molecular weight excluding hydrogens is 264 g/mol. The molecular formula is C14H17F2N3O. The predicted octanol–water partition coefficient (Wildman–Crippen LogP) is 2.23. The molecule has 0 aliphatic heterocycles. The van der Waals surface area contributed by atoms with Gasteiger partial charge in [-0.1, -0.05) is 13.8 Å². The van der Waals surface area contributed by atoms with Gasteiger partial charge in [-0.05, 0) is 24.5 Å². The Labute approximate surface area is 115 Å². The Hall–Kier alpha value is -2.11. The van der Waals surface area contributed by atoms with Crippen LogP contribution < -0.4 is 11.3 Å². The molecule has 0 atom stereocenters. The van der Waals surface area contributed by atoms with Crippen LogP contribution >= 0.6 is 0 Å². The summed E-state index contributed by atoms with van der Waals surface area (Å²) in [5.41, 5.74) is 6.06. The van der Waals surface area contributed by atoms with Gasteiger partial charge in [-0.25, -0.2) is 13.5 Å². The van der Waals surface area contributed by atoms with E-state index in [1.54, 1.807) is 7.05 Å². The first-order chi connectivity index (χ1) is 9.32. The number of hydrogen-bond acceptors (Lipinski definition) is 2. The number of nitrogens with two attached hydrogens (primary N) is 1. The van der Waals surface area contributed by atoms with Crippen LogP contribution in [0.2, 0.25) is 0 Å². The van der Waals surface area contributed by atoms with Crippen molar-refractivity contribution in [3.05, 3.63) is 45.9 Å². The minimum atomic E-state index is -0.802. The van der Waals surface area contributed by atoms with Crippen molar-refractivity contribution >= 4 is 5.69 Å². The molecule has 1 heterocycles. The van der Waals surface area contributed by atoms with Crippen molar-refractivity contribution < 1.29 is 8.78 Å². The maximum Gasteiger partial charge on any atom is 0.294 e. The number of benzene rings is 1. The summed E-state index contributed by atoms with van der Waals surface area (Å²) in [5.74, 6) is -1.19. The summed E-state index contributed by atoms with van der Waals surface area (Å²) in [7, 11) is 1.64. The van der Waals surface area contributed by atoms with Crippen LogP contribution in [-0.4, -0.2) is 9.36 Å². The van der Waals surface area contributed by atoms with Gasteiger partial charge in [-0.2, -0.15) is 0 Å². The van der Waals surface area contributed by atoms with Crippen LogP contribution in [0.3, 0.4) is 0 Å². The zero-order valence-electron chi connectivity index (χ0n) is 11.7. The number of nitrogen functional groups attached to an aromatic ring is 1. The Kier molecular flexibility index (Phi) is 3.65. The molecule has 4 nitrogen and oxygen atoms in total. The van der Waals surface area contributed by atoms with Gasteiger partial charge >= 0.3 is 0 Å². The summed E-state index contributed by atoms with van der Waals surface area (Å²) in [6, 6.07) is 3.08. The fourth-order valence-corrected chi connectivity index (χ4v) is 2.22. The SMILES string of the molecule is CC(C)Cc1c(N)c(=O)n(-c2ccc(F)cc2F)n1C. The van der Waals surface area contributed by atoms with Gasteiger partial charge in [0.1, 0.15) is 17.2 Å². The molecule has 0 bridgehead atoms. The summed E-state index contributed by atoms with van der Waals surface area (Å²) < 4.78 is 29.5. The number of anilines is 1. The molecule has 0 fully saturated rings. The number of aromatic nitrogens is 2. The van der Waals surface area contributed by atoms with Crippen LogP contribution in [0.4, 0.5) is 14.5 Å². The van der Waals surface area contributed by atoms with Crippen molar-refractivity contribution in [1.29, 1.82) is 0 Å². The minimum absolute atomic E-state index is 0.0133. The topological polar surface area (TPSA) is 53.0 Å². The Morgan fingerprint density at radius 3 is 2.50 bits per heavy atom. The first-order valence-electron chi connectivity index (χ1n) is 6.34. The molecule has 0 radical (unpaired) electrons. The average molecular weight is 281 g/mol. The largest absolute Gasteiger partial charge is 0.393 e. The first-order valence-corrected chi connectivity index (χ1v) is 6.34. The standard InChI is InChI=1S/C14H17F2N3O/c1-8(2)6-12-13(17)14(20)19(18(12)3)11-5-4-9(15)7-10(11)16/h4-5,7-8H,6,17H2,1-3H3. The van der Waals surface area contributed by atoms with Gasteiger partial charge in [0.2, 0.25) is 0 Å². The molecule has 108 valence electrons. The molecule has 2 N–H and O–H groups in total. The van der Waals surface area contributed by atoms with E-state index >= 15 is 0 Å². The van der Waals surface area contributed by atoms with E-state index in [4.69, 9.17) is 5.73 Å². The molecule has 0 aliphatic rings. The lowest BCUT2D eigenvalue weighted by Crippen LogP contribution is -2.22. The van der Waals surface area contributed by atoms with Crippen molar-refractivity contribution in [2.45, 2.75) is 20.3 Å². The van der Waals surface area contributed by atoms with Gasteiger partial charge in [0, 0.05) is 13.1 Å².